The first kappa shape index (κ1) is 15.6. The summed E-state index contributed by atoms with van der Waals surface area (Å²) in [6, 6.07) is -0.0153. The van der Waals surface area contributed by atoms with Gasteiger partial charge in [0.2, 0.25) is 0 Å². The van der Waals surface area contributed by atoms with Crippen LogP contribution in [0.3, 0.4) is 0 Å². The topological polar surface area (TPSA) is 50.4 Å². The zero-order valence-electron chi connectivity index (χ0n) is 11.9. The van der Waals surface area contributed by atoms with Crippen molar-refractivity contribution in [1.82, 2.24) is 10.6 Å². The third-order valence-electron chi connectivity index (χ3n) is 3.39. The third kappa shape index (κ3) is 5.06. The number of nitrogens with one attached hydrogen (secondary N) is 2. The number of urea groups is 1. The summed E-state index contributed by atoms with van der Waals surface area (Å²) in [5, 5.41) is 5.96. The Balaban J connectivity index is 2.31. The Morgan fingerprint density at radius 2 is 2.22 bits per heavy atom. The van der Waals surface area contributed by atoms with Gasteiger partial charge >= 0.3 is 6.03 Å². The highest BCUT2D eigenvalue weighted by molar-refractivity contribution is 8.00. The number of methoxy groups -OCH3 is 1. The predicted octanol–water partition coefficient (Wildman–Crippen LogP) is 2.24. The molecule has 1 fully saturated rings. The molecule has 106 valence electrons. The molecule has 2 atom stereocenters. The van der Waals surface area contributed by atoms with Crippen molar-refractivity contribution in [2.45, 2.75) is 44.4 Å². The lowest BCUT2D eigenvalue weighted by atomic mass is 10.1. The molecule has 2 N–H and O–H groups in total. The summed E-state index contributed by atoms with van der Waals surface area (Å²) in [6.45, 7) is 7.68. The highest BCUT2D eigenvalue weighted by atomic mass is 32.2. The fourth-order valence-electron chi connectivity index (χ4n) is 2.04. The molecule has 2 amide bonds. The summed E-state index contributed by atoms with van der Waals surface area (Å²) < 4.78 is 5.33. The van der Waals surface area contributed by atoms with Gasteiger partial charge in [-0.1, -0.05) is 13.8 Å². The first-order valence-corrected chi connectivity index (χ1v) is 7.63. The molecule has 0 bridgehead atoms. The lowest BCUT2D eigenvalue weighted by Crippen LogP contribution is -2.49. The van der Waals surface area contributed by atoms with Crippen LogP contribution in [0.4, 0.5) is 4.79 Å². The Morgan fingerprint density at radius 1 is 1.50 bits per heavy atom. The second-order valence-corrected chi connectivity index (χ2v) is 7.22. The monoisotopic (exact) mass is 274 g/mol. The van der Waals surface area contributed by atoms with Crippen molar-refractivity contribution in [2.75, 3.05) is 26.0 Å². The van der Waals surface area contributed by atoms with Crippen LogP contribution in [-0.2, 0) is 4.74 Å². The Bertz CT molecular complexity index is 266. The van der Waals surface area contributed by atoms with Crippen LogP contribution in [0.5, 0.6) is 0 Å². The third-order valence-corrected chi connectivity index (χ3v) is 4.93. The first-order valence-electron chi connectivity index (χ1n) is 6.64. The van der Waals surface area contributed by atoms with Gasteiger partial charge in [-0.3, -0.25) is 0 Å². The van der Waals surface area contributed by atoms with Crippen molar-refractivity contribution in [1.29, 1.82) is 0 Å². The predicted molar refractivity (Wildman–Crippen MR) is 77.1 cm³/mol. The van der Waals surface area contributed by atoms with Gasteiger partial charge in [-0.05, 0) is 31.4 Å². The van der Waals surface area contributed by atoms with Gasteiger partial charge < -0.3 is 15.4 Å². The van der Waals surface area contributed by atoms with Crippen molar-refractivity contribution >= 4 is 17.8 Å². The van der Waals surface area contributed by atoms with Crippen LogP contribution < -0.4 is 10.6 Å². The average molecular weight is 274 g/mol. The van der Waals surface area contributed by atoms with Gasteiger partial charge in [0.05, 0.1) is 12.6 Å². The number of amides is 2. The maximum absolute atomic E-state index is 11.8. The SMILES string of the molecule is COC[C@H](NC(=O)NC[C@]1(C)CCCS1)C(C)C. The molecule has 1 aliphatic rings. The van der Waals surface area contributed by atoms with E-state index in [1.165, 1.54) is 18.6 Å². The number of carbonyl (C=O) groups is 1. The highest BCUT2D eigenvalue weighted by Gasteiger charge is 2.30. The molecule has 4 nitrogen and oxygen atoms in total. The number of hydrogen-bond acceptors (Lipinski definition) is 3. The summed E-state index contributed by atoms with van der Waals surface area (Å²) in [5.41, 5.74) is 0. The molecule has 0 unspecified atom stereocenters. The Labute approximate surface area is 115 Å². The van der Waals surface area contributed by atoms with Gasteiger partial charge in [-0.2, -0.15) is 11.8 Å². The molecule has 1 aliphatic heterocycles. The quantitative estimate of drug-likeness (QED) is 0.781. The lowest BCUT2D eigenvalue weighted by Gasteiger charge is -2.25. The van der Waals surface area contributed by atoms with Gasteiger partial charge in [0.1, 0.15) is 0 Å². The molecule has 1 heterocycles. The van der Waals surface area contributed by atoms with Gasteiger partial charge in [0.25, 0.3) is 0 Å². The maximum Gasteiger partial charge on any atom is 0.315 e. The largest absolute Gasteiger partial charge is 0.383 e. The molecule has 0 spiro atoms. The van der Waals surface area contributed by atoms with Gasteiger partial charge in [0, 0.05) is 18.4 Å². The van der Waals surface area contributed by atoms with Gasteiger partial charge in [0.15, 0.2) is 0 Å². The minimum atomic E-state index is -0.0838. The van der Waals surface area contributed by atoms with E-state index >= 15 is 0 Å². The van der Waals surface area contributed by atoms with E-state index in [4.69, 9.17) is 4.74 Å². The molecule has 1 rings (SSSR count). The van der Waals surface area contributed by atoms with E-state index in [9.17, 15) is 4.79 Å². The molecule has 0 aromatic heterocycles. The van der Waals surface area contributed by atoms with Crippen LogP contribution in [0.25, 0.3) is 0 Å². The van der Waals surface area contributed by atoms with E-state index in [0.717, 1.165) is 6.54 Å². The fraction of sp³-hybridized carbons (Fsp3) is 0.923. The van der Waals surface area contributed by atoms with Gasteiger partial charge in [-0.15, -0.1) is 0 Å². The molecular formula is C13H26N2O2S. The second kappa shape index (κ2) is 7.24. The molecule has 5 heteroatoms. The van der Waals surface area contributed by atoms with Crippen LogP contribution >= 0.6 is 11.8 Å². The van der Waals surface area contributed by atoms with Crippen molar-refractivity contribution < 1.29 is 9.53 Å². The van der Waals surface area contributed by atoms with Gasteiger partial charge in [-0.25, -0.2) is 4.79 Å². The highest BCUT2D eigenvalue weighted by Crippen LogP contribution is 2.36. The zero-order chi connectivity index (χ0) is 13.6. The van der Waals surface area contributed by atoms with Crippen molar-refractivity contribution in [3.63, 3.8) is 0 Å². The van der Waals surface area contributed by atoms with Crippen LogP contribution in [-0.4, -0.2) is 42.8 Å². The summed E-state index contributed by atoms with van der Waals surface area (Å²) in [5.74, 6) is 1.57. The number of rotatable bonds is 6. The average Bonchev–Trinajstić information content (AvgIpc) is 2.73. The van der Waals surface area contributed by atoms with E-state index in [0.29, 0.717) is 12.5 Å². The minimum Gasteiger partial charge on any atom is -0.383 e. The van der Waals surface area contributed by atoms with E-state index < -0.39 is 0 Å². The van der Waals surface area contributed by atoms with Crippen molar-refractivity contribution in [3.8, 4) is 0 Å². The standard InChI is InChI=1S/C13H26N2O2S/c1-10(2)11(8-17-4)15-12(16)14-9-13(3)6-5-7-18-13/h10-11H,5-9H2,1-4H3,(H2,14,15,16)/t11-,13-/m0/s1. The molecule has 1 saturated heterocycles. The molecule has 0 radical (unpaired) electrons. The van der Waals surface area contributed by atoms with Crippen molar-refractivity contribution in [3.05, 3.63) is 0 Å². The molecule has 0 saturated carbocycles. The second-order valence-electron chi connectivity index (χ2n) is 5.53. The number of hydrogen-bond donors (Lipinski definition) is 2. The van der Waals surface area contributed by atoms with Crippen LogP contribution in [0, 0.1) is 5.92 Å². The fourth-order valence-corrected chi connectivity index (χ4v) is 3.29. The minimum absolute atomic E-state index is 0.0686. The number of ether oxygens (including phenoxy) is 1. The molecule has 0 aromatic rings. The van der Waals surface area contributed by atoms with Crippen molar-refractivity contribution in [2.24, 2.45) is 5.92 Å². The number of thioether (sulfide) groups is 1. The van der Waals surface area contributed by atoms with Crippen LogP contribution in [0.15, 0.2) is 0 Å². The van der Waals surface area contributed by atoms with Crippen LogP contribution in [0.1, 0.15) is 33.6 Å². The Hall–Kier alpha value is -0.420. The smallest absolute Gasteiger partial charge is 0.315 e. The molecular weight excluding hydrogens is 248 g/mol. The number of carbonyl (C=O) groups excluding carboxylic acids is 1. The summed E-state index contributed by atoms with van der Waals surface area (Å²) in [7, 11) is 1.66. The van der Waals surface area contributed by atoms with E-state index in [1.807, 2.05) is 11.8 Å². The Morgan fingerprint density at radius 3 is 2.72 bits per heavy atom. The molecule has 0 aromatic carbocycles. The molecule has 18 heavy (non-hydrogen) atoms. The summed E-state index contributed by atoms with van der Waals surface area (Å²) in [6.07, 6.45) is 2.44. The summed E-state index contributed by atoms with van der Waals surface area (Å²) >= 11 is 1.95. The zero-order valence-corrected chi connectivity index (χ0v) is 12.7. The van der Waals surface area contributed by atoms with E-state index in [-0.39, 0.29) is 16.8 Å². The van der Waals surface area contributed by atoms with E-state index in [1.54, 1.807) is 7.11 Å². The van der Waals surface area contributed by atoms with E-state index in [2.05, 4.69) is 31.4 Å². The Kier molecular flexibility index (Phi) is 6.29. The summed E-state index contributed by atoms with van der Waals surface area (Å²) in [4.78, 5) is 11.8. The normalized spacial score (nSPS) is 25.2. The van der Waals surface area contributed by atoms with Crippen LogP contribution in [0.2, 0.25) is 0 Å². The lowest BCUT2D eigenvalue weighted by molar-refractivity contribution is 0.147. The molecule has 0 aliphatic carbocycles. The maximum atomic E-state index is 11.8. The first-order chi connectivity index (χ1) is 8.47.